The number of aromatic nitrogens is 3. The molecule has 0 unspecified atom stereocenters. The van der Waals surface area contributed by atoms with Gasteiger partial charge in [-0.3, -0.25) is 4.57 Å². The van der Waals surface area contributed by atoms with Crippen LogP contribution in [0.5, 0.6) is 0 Å². The van der Waals surface area contributed by atoms with E-state index in [1.54, 1.807) is 0 Å². The summed E-state index contributed by atoms with van der Waals surface area (Å²) in [6.45, 7) is 0. The largest absolute Gasteiger partial charge is 0.277 e. The lowest BCUT2D eigenvalue weighted by Gasteiger charge is -2.10. The lowest BCUT2D eigenvalue weighted by atomic mass is 10.0. The molecule has 158 valence electrons. The number of hydrogen-bond donors (Lipinski definition) is 0. The van der Waals surface area contributed by atoms with Gasteiger partial charge in [0.25, 0.3) is 0 Å². The third-order valence-electron chi connectivity index (χ3n) is 5.74. The van der Waals surface area contributed by atoms with Gasteiger partial charge in [-0.15, -0.1) is 0 Å². The van der Waals surface area contributed by atoms with Crippen LogP contribution >= 0.6 is 31.9 Å². The van der Waals surface area contributed by atoms with E-state index < -0.39 is 0 Å². The smallest absolute Gasteiger partial charge is 0.165 e. The van der Waals surface area contributed by atoms with Gasteiger partial charge in [0.15, 0.2) is 5.65 Å². The third kappa shape index (κ3) is 3.67. The van der Waals surface area contributed by atoms with Crippen LogP contribution in [0.15, 0.2) is 112 Å². The fraction of sp³-hybridized carbons (Fsp3) is 0. The second-order valence-electron chi connectivity index (χ2n) is 7.86. The third-order valence-corrected chi connectivity index (χ3v) is 6.66. The van der Waals surface area contributed by atoms with Crippen LogP contribution in [0.25, 0.3) is 50.1 Å². The van der Waals surface area contributed by atoms with E-state index in [0.717, 1.165) is 48.3 Å². The van der Waals surface area contributed by atoms with Crippen LogP contribution in [0, 0.1) is 0 Å². The van der Waals surface area contributed by atoms with Crippen LogP contribution in [-0.2, 0) is 0 Å². The van der Waals surface area contributed by atoms with E-state index in [1.165, 1.54) is 10.8 Å². The van der Waals surface area contributed by atoms with Gasteiger partial charge in [0.1, 0.15) is 11.3 Å². The molecule has 0 N–H and O–H groups in total. The molecule has 0 fully saturated rings. The normalized spacial score (nSPS) is 11.3. The zero-order valence-electron chi connectivity index (χ0n) is 17.4. The van der Waals surface area contributed by atoms with Crippen molar-refractivity contribution in [2.75, 3.05) is 0 Å². The number of para-hydroxylation sites is 1. The van der Waals surface area contributed by atoms with Crippen molar-refractivity contribution in [3.05, 3.63) is 112 Å². The van der Waals surface area contributed by atoms with Gasteiger partial charge >= 0.3 is 0 Å². The van der Waals surface area contributed by atoms with Gasteiger partial charge < -0.3 is 0 Å². The van der Waals surface area contributed by atoms with Crippen molar-refractivity contribution < 1.29 is 0 Å². The first-order valence-corrected chi connectivity index (χ1v) is 12.1. The molecular weight excluding hydrogens is 538 g/mol. The van der Waals surface area contributed by atoms with E-state index >= 15 is 0 Å². The summed E-state index contributed by atoms with van der Waals surface area (Å²) in [5, 5.41) is 2.43. The molecule has 0 spiro atoms. The second kappa shape index (κ2) is 8.25. The van der Waals surface area contributed by atoms with Crippen LogP contribution in [0.1, 0.15) is 0 Å². The molecule has 0 bridgehead atoms. The minimum atomic E-state index is 0.831. The number of pyridine rings is 1. The molecule has 0 saturated carbocycles. The second-order valence-corrected chi connectivity index (χ2v) is 9.69. The zero-order valence-corrected chi connectivity index (χ0v) is 20.6. The zero-order chi connectivity index (χ0) is 22.4. The molecule has 2 heterocycles. The van der Waals surface area contributed by atoms with Gasteiger partial charge in [-0.1, -0.05) is 86.5 Å². The number of hydrogen-bond acceptors (Lipinski definition) is 2. The van der Waals surface area contributed by atoms with E-state index in [0.29, 0.717) is 0 Å². The van der Waals surface area contributed by atoms with E-state index in [2.05, 4.69) is 109 Å². The summed E-state index contributed by atoms with van der Waals surface area (Å²) in [5.74, 6) is 0.846. The summed E-state index contributed by atoms with van der Waals surface area (Å²) in [6.07, 6.45) is 1.87. The molecule has 3 nitrogen and oxygen atoms in total. The van der Waals surface area contributed by atoms with Gasteiger partial charge in [-0.25, -0.2) is 9.97 Å². The maximum Gasteiger partial charge on any atom is 0.165 e. The minimum absolute atomic E-state index is 0.831. The van der Waals surface area contributed by atoms with E-state index in [4.69, 9.17) is 9.97 Å². The highest BCUT2D eigenvalue weighted by atomic mass is 79.9. The summed E-state index contributed by atoms with van der Waals surface area (Å²) in [4.78, 5) is 9.93. The number of imidazole rings is 1. The Morgan fingerprint density at radius 1 is 0.636 bits per heavy atom. The van der Waals surface area contributed by atoms with E-state index in [1.807, 2.05) is 30.5 Å². The monoisotopic (exact) mass is 553 g/mol. The maximum absolute atomic E-state index is 5.16. The van der Waals surface area contributed by atoms with Crippen molar-refractivity contribution in [3.8, 4) is 28.2 Å². The first kappa shape index (κ1) is 20.3. The van der Waals surface area contributed by atoms with Gasteiger partial charge in [-0.2, -0.15) is 0 Å². The van der Waals surface area contributed by atoms with E-state index in [9.17, 15) is 0 Å². The Morgan fingerprint density at radius 3 is 2.15 bits per heavy atom. The molecular formula is C28H17Br2N3. The molecule has 5 heteroatoms. The van der Waals surface area contributed by atoms with Gasteiger partial charge in [0.05, 0.1) is 0 Å². The number of fused-ring (bicyclic) bond motifs is 2. The molecule has 0 aliphatic carbocycles. The molecule has 0 aliphatic rings. The van der Waals surface area contributed by atoms with E-state index in [-0.39, 0.29) is 0 Å². The first-order valence-electron chi connectivity index (χ1n) is 10.6. The van der Waals surface area contributed by atoms with Gasteiger partial charge in [-0.05, 0) is 58.8 Å². The topological polar surface area (TPSA) is 30.7 Å². The van der Waals surface area contributed by atoms with Crippen LogP contribution in [-0.4, -0.2) is 14.5 Å². The van der Waals surface area contributed by atoms with Crippen molar-refractivity contribution >= 4 is 53.8 Å². The summed E-state index contributed by atoms with van der Waals surface area (Å²) in [6, 6.07) is 33.5. The van der Waals surface area contributed by atoms with Crippen molar-refractivity contribution in [1.82, 2.24) is 14.5 Å². The fourth-order valence-electron chi connectivity index (χ4n) is 4.26. The molecule has 6 rings (SSSR count). The Bertz CT molecular complexity index is 1620. The Morgan fingerprint density at radius 2 is 1.36 bits per heavy atom. The van der Waals surface area contributed by atoms with Crippen LogP contribution in [0.3, 0.4) is 0 Å². The highest BCUT2D eigenvalue weighted by Gasteiger charge is 2.19. The van der Waals surface area contributed by atoms with Crippen molar-refractivity contribution in [2.24, 2.45) is 0 Å². The highest BCUT2D eigenvalue weighted by Crippen LogP contribution is 2.35. The number of rotatable bonds is 3. The van der Waals surface area contributed by atoms with Gasteiger partial charge in [0, 0.05) is 32.0 Å². The number of benzene rings is 4. The molecule has 0 amide bonds. The number of nitrogens with zero attached hydrogens (tertiary/aromatic N) is 3. The summed E-state index contributed by atoms with van der Waals surface area (Å²) >= 11 is 7.25. The Balaban J connectivity index is 1.66. The number of halogens is 2. The van der Waals surface area contributed by atoms with Crippen LogP contribution in [0.4, 0.5) is 0 Å². The fourth-order valence-corrected chi connectivity index (χ4v) is 5.55. The Labute approximate surface area is 208 Å². The molecule has 0 atom stereocenters. The molecule has 4 aromatic carbocycles. The van der Waals surface area contributed by atoms with Gasteiger partial charge in [0.2, 0.25) is 0 Å². The first-order chi connectivity index (χ1) is 16.2. The van der Waals surface area contributed by atoms with Crippen molar-refractivity contribution in [2.45, 2.75) is 0 Å². The maximum atomic E-state index is 5.16. The highest BCUT2D eigenvalue weighted by molar-refractivity contribution is 9.11. The summed E-state index contributed by atoms with van der Waals surface area (Å²) in [5.41, 5.74) is 5.93. The average Bonchev–Trinajstić information content (AvgIpc) is 3.23. The lowest BCUT2D eigenvalue weighted by Crippen LogP contribution is -1.98. The molecule has 0 radical (unpaired) electrons. The van der Waals surface area contributed by atoms with Crippen LogP contribution in [0.2, 0.25) is 0 Å². The predicted octanol–water partition coefficient (Wildman–Crippen LogP) is 8.43. The van der Waals surface area contributed by atoms with Crippen molar-refractivity contribution in [3.63, 3.8) is 0 Å². The molecule has 0 saturated heterocycles. The standard InChI is InChI=1S/C28H17Br2N3/c29-22-15-21(16-23(30)17-22)27-32-26-25(20-11-10-18-6-4-5-7-19(18)14-20)12-13-31-28(26)33(27)24-8-2-1-3-9-24/h1-17H. The molecule has 33 heavy (non-hydrogen) atoms. The molecule has 6 aromatic rings. The molecule has 0 aliphatic heterocycles. The Kier molecular flexibility index (Phi) is 5.08. The lowest BCUT2D eigenvalue weighted by molar-refractivity contribution is 1.08. The quantitative estimate of drug-likeness (QED) is 0.220. The average molecular weight is 555 g/mol. The van der Waals surface area contributed by atoms with Crippen molar-refractivity contribution in [1.29, 1.82) is 0 Å². The van der Waals surface area contributed by atoms with Crippen LogP contribution < -0.4 is 0 Å². The Hall–Kier alpha value is -3.28. The SMILES string of the molecule is Brc1cc(Br)cc(-c2nc3c(-c4ccc5ccccc5c4)ccnc3n2-c2ccccc2)c1. The minimum Gasteiger partial charge on any atom is -0.277 e. The molecule has 2 aromatic heterocycles. The summed E-state index contributed by atoms with van der Waals surface area (Å²) in [7, 11) is 0. The predicted molar refractivity (Wildman–Crippen MR) is 143 cm³/mol. The summed E-state index contributed by atoms with van der Waals surface area (Å²) < 4.78 is 4.11.